The third-order valence-electron chi connectivity index (χ3n) is 2.60. The predicted octanol–water partition coefficient (Wildman–Crippen LogP) is 0.816. The molecule has 0 heterocycles. The third kappa shape index (κ3) is 2.38. The molecule has 90 valence electrons. The number of primary amides is 1. The van der Waals surface area contributed by atoms with Gasteiger partial charge in [-0.3, -0.25) is 4.79 Å². The summed E-state index contributed by atoms with van der Waals surface area (Å²) in [5.74, 6) is -1.71. The van der Waals surface area contributed by atoms with Crippen molar-refractivity contribution in [3.63, 3.8) is 0 Å². The first-order chi connectivity index (χ1) is 8.58. The quantitative estimate of drug-likeness (QED) is 0.861. The summed E-state index contributed by atoms with van der Waals surface area (Å²) >= 11 is 0. The number of nitrogens with two attached hydrogens (primary N) is 1. The summed E-state index contributed by atoms with van der Waals surface area (Å²) in [6, 6.07) is 13.1. The number of hydrogen-bond acceptors (Lipinski definition) is 3. The van der Waals surface area contributed by atoms with Gasteiger partial charge in [-0.05, 0) is 28.8 Å². The zero-order valence-electron chi connectivity index (χ0n) is 9.42. The molecular formula is C14H10NO3-. The highest BCUT2D eigenvalue weighted by Gasteiger charge is 2.03. The SMILES string of the molecule is NC(=O)c1cccc(-c2ccc(C(=O)[O-])cc2)c1. The van der Waals surface area contributed by atoms with E-state index in [0.717, 1.165) is 11.1 Å². The molecule has 2 aromatic carbocycles. The van der Waals surface area contributed by atoms with Crippen LogP contribution in [0.1, 0.15) is 20.7 Å². The second-order valence-corrected chi connectivity index (χ2v) is 3.81. The predicted molar refractivity (Wildman–Crippen MR) is 64.7 cm³/mol. The van der Waals surface area contributed by atoms with Crippen LogP contribution in [0, 0.1) is 0 Å². The summed E-state index contributed by atoms with van der Waals surface area (Å²) in [7, 11) is 0. The molecule has 2 aromatic rings. The van der Waals surface area contributed by atoms with Crippen LogP contribution in [0.15, 0.2) is 48.5 Å². The van der Waals surface area contributed by atoms with Crippen LogP contribution in [0.3, 0.4) is 0 Å². The largest absolute Gasteiger partial charge is 0.545 e. The molecule has 4 heteroatoms. The Kier molecular flexibility index (Phi) is 3.10. The van der Waals surface area contributed by atoms with Gasteiger partial charge in [0.1, 0.15) is 0 Å². The zero-order chi connectivity index (χ0) is 13.1. The van der Waals surface area contributed by atoms with Gasteiger partial charge in [-0.25, -0.2) is 0 Å². The molecule has 0 unspecified atom stereocenters. The molecule has 0 atom stereocenters. The van der Waals surface area contributed by atoms with Crippen molar-refractivity contribution in [1.29, 1.82) is 0 Å². The van der Waals surface area contributed by atoms with Gasteiger partial charge in [0.15, 0.2) is 0 Å². The van der Waals surface area contributed by atoms with Crippen molar-refractivity contribution in [2.24, 2.45) is 5.73 Å². The number of amides is 1. The maximum atomic E-state index is 11.1. The van der Waals surface area contributed by atoms with Crippen molar-refractivity contribution < 1.29 is 14.7 Å². The molecule has 0 aliphatic carbocycles. The monoisotopic (exact) mass is 240 g/mol. The minimum atomic E-state index is -1.22. The Morgan fingerprint density at radius 3 is 2.11 bits per heavy atom. The van der Waals surface area contributed by atoms with E-state index in [0.29, 0.717) is 5.56 Å². The zero-order valence-corrected chi connectivity index (χ0v) is 9.42. The van der Waals surface area contributed by atoms with Gasteiger partial charge in [0, 0.05) is 5.56 Å². The molecule has 0 aliphatic rings. The lowest BCUT2D eigenvalue weighted by molar-refractivity contribution is -0.255. The Labute approximate surface area is 104 Å². The standard InChI is InChI=1S/C14H11NO3/c15-13(16)12-3-1-2-11(8-12)9-4-6-10(7-5-9)14(17)18/h1-8H,(H2,15,16)(H,17,18)/p-1. The van der Waals surface area contributed by atoms with E-state index in [4.69, 9.17) is 5.73 Å². The molecule has 4 nitrogen and oxygen atoms in total. The highest BCUT2D eigenvalue weighted by atomic mass is 16.4. The minimum Gasteiger partial charge on any atom is -0.545 e. The maximum absolute atomic E-state index is 11.1. The Balaban J connectivity index is 2.39. The molecule has 0 fully saturated rings. The van der Waals surface area contributed by atoms with E-state index in [1.54, 1.807) is 30.3 Å². The second-order valence-electron chi connectivity index (χ2n) is 3.81. The molecule has 0 radical (unpaired) electrons. The number of carboxylic acid groups (broad SMARTS) is 1. The van der Waals surface area contributed by atoms with Crippen molar-refractivity contribution in [2.75, 3.05) is 0 Å². The van der Waals surface area contributed by atoms with Crippen LogP contribution < -0.4 is 10.8 Å². The smallest absolute Gasteiger partial charge is 0.248 e. The van der Waals surface area contributed by atoms with Crippen molar-refractivity contribution in [1.82, 2.24) is 0 Å². The number of hydrogen-bond donors (Lipinski definition) is 1. The van der Waals surface area contributed by atoms with E-state index in [9.17, 15) is 14.7 Å². The molecule has 0 saturated heterocycles. The first-order valence-corrected chi connectivity index (χ1v) is 5.29. The number of carboxylic acids is 1. The van der Waals surface area contributed by atoms with Crippen molar-refractivity contribution in [3.8, 4) is 11.1 Å². The number of rotatable bonds is 3. The first-order valence-electron chi connectivity index (χ1n) is 5.29. The summed E-state index contributed by atoms with van der Waals surface area (Å²) < 4.78 is 0. The van der Waals surface area contributed by atoms with Crippen molar-refractivity contribution in [3.05, 3.63) is 59.7 Å². The third-order valence-corrected chi connectivity index (χ3v) is 2.60. The summed E-state index contributed by atoms with van der Waals surface area (Å²) in [4.78, 5) is 21.7. The molecular weight excluding hydrogens is 230 g/mol. The Hall–Kier alpha value is -2.62. The molecule has 0 aromatic heterocycles. The fourth-order valence-electron chi connectivity index (χ4n) is 1.65. The topological polar surface area (TPSA) is 83.2 Å². The summed E-state index contributed by atoms with van der Waals surface area (Å²) in [6.07, 6.45) is 0. The van der Waals surface area contributed by atoms with Gasteiger partial charge in [-0.1, -0.05) is 36.4 Å². The molecule has 0 aliphatic heterocycles. The van der Waals surface area contributed by atoms with Crippen LogP contribution in [0.25, 0.3) is 11.1 Å². The van der Waals surface area contributed by atoms with Crippen LogP contribution in [0.5, 0.6) is 0 Å². The minimum absolute atomic E-state index is 0.116. The average Bonchev–Trinajstić information content (AvgIpc) is 2.39. The fourth-order valence-corrected chi connectivity index (χ4v) is 1.65. The second kappa shape index (κ2) is 4.71. The lowest BCUT2D eigenvalue weighted by atomic mass is 10.0. The molecule has 18 heavy (non-hydrogen) atoms. The van der Waals surface area contributed by atoms with Gasteiger partial charge < -0.3 is 15.6 Å². The highest BCUT2D eigenvalue weighted by Crippen LogP contribution is 2.20. The van der Waals surface area contributed by atoms with E-state index in [-0.39, 0.29) is 5.56 Å². The van der Waals surface area contributed by atoms with Crippen LogP contribution in [0.2, 0.25) is 0 Å². The summed E-state index contributed by atoms with van der Waals surface area (Å²) in [5.41, 5.74) is 7.34. The van der Waals surface area contributed by atoms with Gasteiger partial charge in [0.2, 0.25) is 5.91 Å². The van der Waals surface area contributed by atoms with E-state index in [1.165, 1.54) is 12.1 Å². The lowest BCUT2D eigenvalue weighted by Gasteiger charge is -2.06. The van der Waals surface area contributed by atoms with Gasteiger partial charge in [-0.2, -0.15) is 0 Å². The van der Waals surface area contributed by atoms with Gasteiger partial charge >= 0.3 is 0 Å². The van der Waals surface area contributed by atoms with Crippen LogP contribution in [-0.2, 0) is 0 Å². The van der Waals surface area contributed by atoms with Gasteiger partial charge in [0.25, 0.3) is 0 Å². The molecule has 2 rings (SSSR count). The molecule has 0 bridgehead atoms. The fraction of sp³-hybridized carbons (Fsp3) is 0. The average molecular weight is 240 g/mol. The summed E-state index contributed by atoms with van der Waals surface area (Å²) in [5, 5.41) is 10.6. The number of carbonyl (C=O) groups is 2. The molecule has 0 saturated carbocycles. The summed E-state index contributed by atoms with van der Waals surface area (Å²) in [6.45, 7) is 0. The highest BCUT2D eigenvalue weighted by molar-refractivity contribution is 5.94. The van der Waals surface area contributed by atoms with Gasteiger partial charge in [-0.15, -0.1) is 0 Å². The molecule has 1 amide bonds. The van der Waals surface area contributed by atoms with Crippen LogP contribution >= 0.6 is 0 Å². The van der Waals surface area contributed by atoms with E-state index in [2.05, 4.69) is 0 Å². The van der Waals surface area contributed by atoms with E-state index >= 15 is 0 Å². The molecule has 0 spiro atoms. The Bertz CT molecular complexity index is 603. The first kappa shape index (κ1) is 11.9. The van der Waals surface area contributed by atoms with Crippen LogP contribution in [0.4, 0.5) is 0 Å². The number of aromatic carboxylic acids is 1. The van der Waals surface area contributed by atoms with Crippen molar-refractivity contribution >= 4 is 11.9 Å². The van der Waals surface area contributed by atoms with E-state index in [1.807, 2.05) is 6.07 Å². The number of carbonyl (C=O) groups excluding carboxylic acids is 2. The molecule has 2 N–H and O–H groups in total. The Morgan fingerprint density at radius 2 is 1.56 bits per heavy atom. The van der Waals surface area contributed by atoms with Crippen molar-refractivity contribution in [2.45, 2.75) is 0 Å². The lowest BCUT2D eigenvalue weighted by Crippen LogP contribution is -2.21. The van der Waals surface area contributed by atoms with Gasteiger partial charge in [0.05, 0.1) is 5.97 Å². The normalized spacial score (nSPS) is 10.0. The maximum Gasteiger partial charge on any atom is 0.248 e. The van der Waals surface area contributed by atoms with E-state index < -0.39 is 11.9 Å². The Morgan fingerprint density at radius 1 is 0.889 bits per heavy atom. The van der Waals surface area contributed by atoms with Crippen LogP contribution in [-0.4, -0.2) is 11.9 Å². The number of benzene rings is 2.